The van der Waals surface area contributed by atoms with Crippen molar-refractivity contribution >= 4 is 46.4 Å². The lowest BCUT2D eigenvalue weighted by atomic mass is 10.2. The van der Waals surface area contributed by atoms with Gasteiger partial charge in [0, 0.05) is 37.6 Å². The van der Waals surface area contributed by atoms with Crippen molar-refractivity contribution in [2.75, 3.05) is 60.2 Å². The number of hydrogen-bond acceptors (Lipinski definition) is 10. The Kier molecular flexibility index (Phi) is 9.69. The number of carboxylic acids is 1. The van der Waals surface area contributed by atoms with E-state index in [0.29, 0.717) is 22.8 Å². The van der Waals surface area contributed by atoms with E-state index >= 15 is 0 Å². The predicted octanol–water partition coefficient (Wildman–Crippen LogP) is 3.96. The monoisotopic (exact) mass is 556 g/mol. The lowest BCUT2D eigenvalue weighted by molar-refractivity contribution is -0.137. The van der Waals surface area contributed by atoms with Crippen LogP contribution in [0.3, 0.4) is 0 Å². The highest BCUT2D eigenvalue weighted by molar-refractivity contribution is 6.02. The quantitative estimate of drug-likeness (QED) is 0.240. The van der Waals surface area contributed by atoms with Gasteiger partial charge >= 0.3 is 5.97 Å². The summed E-state index contributed by atoms with van der Waals surface area (Å²) in [7, 11) is 0. The summed E-state index contributed by atoms with van der Waals surface area (Å²) in [5.41, 5.74) is 2.99. The van der Waals surface area contributed by atoms with E-state index in [1.165, 1.54) is 12.3 Å². The van der Waals surface area contributed by atoms with E-state index in [0.717, 1.165) is 38.4 Å². The van der Waals surface area contributed by atoms with E-state index in [1.807, 2.05) is 18.2 Å². The van der Waals surface area contributed by atoms with E-state index in [2.05, 4.69) is 55.3 Å². The van der Waals surface area contributed by atoms with Gasteiger partial charge in [-0.2, -0.15) is 10.2 Å². The van der Waals surface area contributed by atoms with E-state index < -0.39 is 5.97 Å². The number of ether oxygens (including phenoxy) is 1. The van der Waals surface area contributed by atoms with Crippen LogP contribution in [0.15, 0.2) is 61.3 Å². The van der Waals surface area contributed by atoms with Crippen LogP contribution in [0.5, 0.6) is 5.75 Å². The predicted molar refractivity (Wildman–Crippen MR) is 157 cm³/mol. The average molecular weight is 557 g/mol. The zero-order valence-electron chi connectivity index (χ0n) is 22.8. The average Bonchev–Trinajstić information content (AvgIpc) is 2.99. The molecule has 0 unspecified atom stereocenters. The van der Waals surface area contributed by atoms with Crippen LogP contribution in [0.1, 0.15) is 18.9 Å². The molecular weight excluding hydrogens is 524 g/mol. The number of nitrogens with zero attached hydrogens (tertiary/aromatic N) is 5. The maximum absolute atomic E-state index is 12.2. The van der Waals surface area contributed by atoms with Gasteiger partial charge in [-0.25, -0.2) is 4.98 Å². The zero-order valence-corrected chi connectivity index (χ0v) is 22.8. The minimum absolute atomic E-state index is 0.0628. The number of carbonyl (C=O) groups is 2. The van der Waals surface area contributed by atoms with Crippen LogP contribution in [0, 0.1) is 11.3 Å². The standard InChI is InChI=1S/C29H32N8O4/c1-3-26(38)33-25-17-22(37-14-12-36(4-2)13-15-37)7-10-24(25)34-29-31-19-20(18-30)28(35-29)32-21-5-8-23(9-6-21)41-16-11-27(39)40/h3,5-10,17,19H,1,4,11-16H2,2H3,(H,33,38)(H,39,40)(H2,31,32,34,35). The third kappa shape index (κ3) is 7.93. The molecule has 1 saturated heterocycles. The molecule has 1 aromatic heterocycles. The van der Waals surface area contributed by atoms with Crippen molar-refractivity contribution in [3.63, 3.8) is 0 Å². The van der Waals surface area contributed by atoms with Gasteiger partial charge in [0.1, 0.15) is 17.4 Å². The molecule has 212 valence electrons. The summed E-state index contributed by atoms with van der Waals surface area (Å²) in [6, 6.07) is 14.7. The number of amides is 1. The first-order valence-electron chi connectivity index (χ1n) is 13.2. The van der Waals surface area contributed by atoms with Crippen molar-refractivity contribution in [3.8, 4) is 11.8 Å². The lowest BCUT2D eigenvalue weighted by Gasteiger charge is -2.35. The summed E-state index contributed by atoms with van der Waals surface area (Å²) < 4.78 is 5.42. The Morgan fingerprint density at radius 2 is 1.88 bits per heavy atom. The van der Waals surface area contributed by atoms with Gasteiger partial charge in [0.25, 0.3) is 0 Å². The van der Waals surface area contributed by atoms with Gasteiger partial charge in [0.15, 0.2) is 5.82 Å². The smallest absolute Gasteiger partial charge is 0.306 e. The highest BCUT2D eigenvalue weighted by Gasteiger charge is 2.18. The van der Waals surface area contributed by atoms with Gasteiger partial charge in [0.05, 0.1) is 30.6 Å². The molecular formula is C29H32N8O4. The largest absolute Gasteiger partial charge is 0.493 e. The fourth-order valence-electron chi connectivity index (χ4n) is 4.21. The summed E-state index contributed by atoms with van der Waals surface area (Å²) in [6.07, 6.45) is 2.52. The number of hydrogen-bond donors (Lipinski definition) is 4. The van der Waals surface area contributed by atoms with Crippen molar-refractivity contribution in [2.45, 2.75) is 13.3 Å². The number of aromatic nitrogens is 2. The molecule has 3 aromatic rings. The molecule has 1 aliphatic rings. The second-order valence-corrected chi connectivity index (χ2v) is 9.18. The molecule has 41 heavy (non-hydrogen) atoms. The number of carbonyl (C=O) groups excluding carboxylic acids is 1. The van der Waals surface area contributed by atoms with Crippen molar-refractivity contribution in [1.29, 1.82) is 5.26 Å². The van der Waals surface area contributed by atoms with E-state index in [1.54, 1.807) is 24.3 Å². The number of benzene rings is 2. The number of nitriles is 1. The minimum atomic E-state index is -0.933. The Hall–Kier alpha value is -5.15. The molecule has 2 aromatic carbocycles. The highest BCUT2D eigenvalue weighted by atomic mass is 16.5. The summed E-state index contributed by atoms with van der Waals surface area (Å²) in [5, 5.41) is 27.5. The molecule has 4 N–H and O–H groups in total. The molecule has 0 radical (unpaired) electrons. The van der Waals surface area contributed by atoms with Crippen LogP contribution in [0.4, 0.5) is 34.5 Å². The summed E-state index contributed by atoms with van der Waals surface area (Å²) in [4.78, 5) is 36.3. The SMILES string of the molecule is C=CC(=O)Nc1cc(N2CCN(CC)CC2)ccc1Nc1ncc(C#N)c(Nc2ccc(OCCC(=O)O)cc2)n1. The van der Waals surface area contributed by atoms with E-state index in [9.17, 15) is 14.9 Å². The summed E-state index contributed by atoms with van der Waals surface area (Å²) in [5.74, 6) is -0.256. The molecule has 0 saturated carbocycles. The molecule has 2 heterocycles. The Morgan fingerprint density at radius 1 is 1.12 bits per heavy atom. The number of anilines is 6. The number of aliphatic carboxylic acids is 1. The molecule has 12 heteroatoms. The minimum Gasteiger partial charge on any atom is -0.493 e. The lowest BCUT2D eigenvalue weighted by Crippen LogP contribution is -2.46. The fraction of sp³-hybridized carbons (Fsp3) is 0.276. The van der Waals surface area contributed by atoms with Gasteiger partial charge in [-0.15, -0.1) is 0 Å². The van der Waals surface area contributed by atoms with Crippen LogP contribution >= 0.6 is 0 Å². The van der Waals surface area contributed by atoms with Gasteiger partial charge < -0.3 is 35.6 Å². The number of rotatable bonds is 12. The fourth-order valence-corrected chi connectivity index (χ4v) is 4.21. The van der Waals surface area contributed by atoms with Crippen LogP contribution < -0.4 is 25.6 Å². The summed E-state index contributed by atoms with van der Waals surface area (Å²) in [6.45, 7) is 10.5. The molecule has 1 fully saturated rings. The molecule has 0 spiro atoms. The molecule has 0 bridgehead atoms. The molecule has 0 atom stereocenters. The van der Waals surface area contributed by atoms with Crippen LogP contribution in [-0.2, 0) is 9.59 Å². The topological polar surface area (TPSA) is 156 Å². The Labute approximate surface area is 238 Å². The zero-order chi connectivity index (χ0) is 29.2. The van der Waals surface area contributed by atoms with E-state index in [-0.39, 0.29) is 36.3 Å². The van der Waals surface area contributed by atoms with Gasteiger partial charge in [0.2, 0.25) is 11.9 Å². The Morgan fingerprint density at radius 3 is 2.54 bits per heavy atom. The maximum atomic E-state index is 12.2. The summed E-state index contributed by atoms with van der Waals surface area (Å²) >= 11 is 0. The number of piperazine rings is 1. The van der Waals surface area contributed by atoms with Crippen molar-refractivity contribution in [1.82, 2.24) is 14.9 Å². The highest BCUT2D eigenvalue weighted by Crippen LogP contribution is 2.31. The molecule has 4 rings (SSSR count). The normalized spacial score (nSPS) is 13.1. The third-order valence-electron chi connectivity index (χ3n) is 6.49. The second-order valence-electron chi connectivity index (χ2n) is 9.18. The van der Waals surface area contributed by atoms with E-state index in [4.69, 9.17) is 9.84 Å². The third-order valence-corrected chi connectivity index (χ3v) is 6.49. The molecule has 0 aliphatic carbocycles. The maximum Gasteiger partial charge on any atom is 0.306 e. The number of likely N-dealkylation sites (N-methyl/N-ethyl adjacent to an activating group) is 1. The van der Waals surface area contributed by atoms with Crippen molar-refractivity contribution < 1.29 is 19.4 Å². The van der Waals surface area contributed by atoms with Crippen LogP contribution in [-0.4, -0.2) is 71.2 Å². The first-order chi connectivity index (χ1) is 19.9. The van der Waals surface area contributed by atoms with Crippen molar-refractivity contribution in [3.05, 3.63) is 66.9 Å². The molecule has 1 amide bonds. The first kappa shape index (κ1) is 28.8. The Bertz CT molecular complexity index is 1430. The van der Waals surface area contributed by atoms with Gasteiger partial charge in [-0.3, -0.25) is 9.59 Å². The Balaban J connectivity index is 1.52. The number of carboxylic acid groups (broad SMARTS) is 1. The van der Waals surface area contributed by atoms with Crippen LogP contribution in [0.25, 0.3) is 0 Å². The van der Waals surface area contributed by atoms with Gasteiger partial charge in [-0.1, -0.05) is 13.5 Å². The van der Waals surface area contributed by atoms with Crippen LogP contribution in [0.2, 0.25) is 0 Å². The van der Waals surface area contributed by atoms with Gasteiger partial charge in [-0.05, 0) is 55.1 Å². The second kappa shape index (κ2) is 13.8. The molecule has 12 nitrogen and oxygen atoms in total. The number of nitrogens with one attached hydrogen (secondary N) is 3. The van der Waals surface area contributed by atoms with Crippen molar-refractivity contribution in [2.24, 2.45) is 0 Å². The first-order valence-corrected chi connectivity index (χ1v) is 13.2. The molecule has 1 aliphatic heterocycles.